The van der Waals surface area contributed by atoms with E-state index in [4.69, 9.17) is 14.0 Å². The molecule has 0 radical (unpaired) electrons. The quantitative estimate of drug-likeness (QED) is 0.304. The van der Waals surface area contributed by atoms with Gasteiger partial charge in [-0.25, -0.2) is 4.79 Å². The summed E-state index contributed by atoms with van der Waals surface area (Å²) in [6.07, 6.45) is 3.92. The molecule has 1 atom stereocenters. The van der Waals surface area contributed by atoms with Crippen molar-refractivity contribution in [3.05, 3.63) is 76.9 Å². The van der Waals surface area contributed by atoms with Crippen LogP contribution in [0, 0.1) is 0 Å². The zero-order chi connectivity index (χ0) is 31.0. The maximum atomic E-state index is 12.9. The van der Waals surface area contributed by atoms with Gasteiger partial charge in [0.1, 0.15) is 5.60 Å². The van der Waals surface area contributed by atoms with E-state index >= 15 is 0 Å². The summed E-state index contributed by atoms with van der Waals surface area (Å²) in [6.45, 7) is 16.7. The van der Waals surface area contributed by atoms with Crippen molar-refractivity contribution in [2.45, 2.75) is 110 Å². The lowest BCUT2D eigenvalue weighted by Gasteiger charge is -2.33. The summed E-state index contributed by atoms with van der Waals surface area (Å²) in [6, 6.07) is 20.6. The fourth-order valence-corrected chi connectivity index (χ4v) is 7.19. The predicted octanol–water partition coefficient (Wildman–Crippen LogP) is 7.09. The zero-order valence-electron chi connectivity index (χ0n) is 27.3. The number of nitrogens with zero attached hydrogens (tertiary/aromatic N) is 2. The number of hydrogen-bond donors (Lipinski definition) is 0. The highest BCUT2D eigenvalue weighted by Crippen LogP contribution is 2.40. The third-order valence-corrected chi connectivity index (χ3v) is 10.3. The molecule has 0 N–H and O–H groups in total. The molecule has 230 valence electrons. The fraction of sp³-hybridized carbons (Fsp3) is 0.486. The molecule has 7 rings (SSSR count). The Morgan fingerprint density at radius 1 is 0.818 bits per heavy atom. The van der Waals surface area contributed by atoms with E-state index in [1.165, 1.54) is 44.5 Å². The predicted molar refractivity (Wildman–Crippen MR) is 176 cm³/mol. The number of carbonyl (C=O) groups is 1. The average Bonchev–Trinajstić information content (AvgIpc) is 3.66. The molecule has 1 aliphatic carbocycles. The van der Waals surface area contributed by atoms with Crippen LogP contribution in [0.5, 0.6) is 0 Å². The van der Waals surface area contributed by atoms with Crippen molar-refractivity contribution in [3.8, 4) is 22.3 Å². The van der Waals surface area contributed by atoms with Gasteiger partial charge in [-0.1, -0.05) is 48.5 Å². The van der Waals surface area contributed by atoms with Gasteiger partial charge in [-0.3, -0.25) is 9.80 Å². The Balaban J connectivity index is 1.08. The van der Waals surface area contributed by atoms with Crippen LogP contribution in [-0.4, -0.2) is 52.5 Å². The number of benzene rings is 3. The van der Waals surface area contributed by atoms with Gasteiger partial charge in [0.25, 0.3) is 0 Å². The molecule has 2 saturated heterocycles. The summed E-state index contributed by atoms with van der Waals surface area (Å²) in [4.78, 5) is 17.3. The largest absolute Gasteiger partial charge is 0.494 e. The van der Waals surface area contributed by atoms with Crippen LogP contribution in [0.3, 0.4) is 0 Å². The zero-order valence-corrected chi connectivity index (χ0v) is 27.3. The maximum absolute atomic E-state index is 12.9. The van der Waals surface area contributed by atoms with Gasteiger partial charge in [0.15, 0.2) is 0 Å². The lowest BCUT2D eigenvalue weighted by atomic mass is 9.75. The number of rotatable bonds is 3. The van der Waals surface area contributed by atoms with Crippen LogP contribution >= 0.6 is 0 Å². The van der Waals surface area contributed by atoms with Crippen LogP contribution in [0.1, 0.15) is 83.6 Å². The monoisotopic (exact) mass is 592 g/mol. The van der Waals surface area contributed by atoms with Crippen molar-refractivity contribution in [1.29, 1.82) is 0 Å². The van der Waals surface area contributed by atoms with Gasteiger partial charge < -0.3 is 14.0 Å². The lowest BCUT2D eigenvalue weighted by Crippen LogP contribution is -2.46. The molecule has 0 saturated carbocycles. The second-order valence-electron chi connectivity index (χ2n) is 15.1. The molecule has 7 heteroatoms. The molecule has 44 heavy (non-hydrogen) atoms. The molecule has 3 aromatic carbocycles. The lowest BCUT2D eigenvalue weighted by molar-refractivity contribution is -0.000340. The number of amides is 1. The van der Waals surface area contributed by atoms with E-state index in [0.29, 0.717) is 0 Å². The van der Waals surface area contributed by atoms with Crippen molar-refractivity contribution in [2.75, 3.05) is 6.54 Å². The highest BCUT2D eigenvalue weighted by atomic mass is 16.7. The van der Waals surface area contributed by atoms with E-state index in [0.717, 1.165) is 50.8 Å². The van der Waals surface area contributed by atoms with Gasteiger partial charge in [-0.15, -0.1) is 0 Å². The molecule has 2 fully saturated rings. The first-order valence-corrected chi connectivity index (χ1v) is 16.3. The minimum absolute atomic E-state index is 0.0924. The van der Waals surface area contributed by atoms with Gasteiger partial charge in [0.05, 0.1) is 17.4 Å². The van der Waals surface area contributed by atoms with E-state index in [-0.39, 0.29) is 30.6 Å². The number of likely N-dealkylation sites (tertiary alicyclic amines) is 1. The average molecular weight is 593 g/mol. The van der Waals surface area contributed by atoms with Crippen LogP contribution in [0.2, 0.25) is 0 Å². The van der Waals surface area contributed by atoms with Crippen molar-refractivity contribution in [3.63, 3.8) is 0 Å². The Morgan fingerprint density at radius 2 is 1.41 bits per heavy atom. The molecule has 0 bridgehead atoms. The van der Waals surface area contributed by atoms with E-state index < -0.39 is 5.60 Å². The Bertz CT molecular complexity index is 1610. The van der Waals surface area contributed by atoms with E-state index in [1.807, 2.05) is 25.7 Å². The van der Waals surface area contributed by atoms with E-state index in [1.54, 1.807) is 0 Å². The number of ether oxygens (including phenoxy) is 1. The number of hydrogen-bond acceptors (Lipinski definition) is 5. The van der Waals surface area contributed by atoms with Crippen LogP contribution in [0.25, 0.3) is 22.3 Å². The Kier molecular flexibility index (Phi) is 7.04. The van der Waals surface area contributed by atoms with E-state index in [2.05, 4.69) is 87.2 Å². The highest BCUT2D eigenvalue weighted by molar-refractivity contribution is 6.62. The summed E-state index contributed by atoms with van der Waals surface area (Å²) < 4.78 is 18.4. The van der Waals surface area contributed by atoms with Gasteiger partial charge in [-0.05, 0) is 130 Å². The number of fused-ring (bicyclic) bond motifs is 4. The minimum Gasteiger partial charge on any atom is -0.444 e. The molecule has 4 aliphatic rings. The van der Waals surface area contributed by atoms with Crippen LogP contribution < -0.4 is 5.46 Å². The summed E-state index contributed by atoms with van der Waals surface area (Å²) in [5.74, 6) is 0. The summed E-state index contributed by atoms with van der Waals surface area (Å²) in [5.41, 5.74) is 10.6. The molecule has 3 aliphatic heterocycles. The molecule has 1 unspecified atom stereocenters. The van der Waals surface area contributed by atoms with Crippen LogP contribution in [0.15, 0.2) is 54.6 Å². The Labute approximate surface area is 262 Å². The molecular formula is C37H45BN2O4. The molecular weight excluding hydrogens is 547 g/mol. The first-order valence-electron chi connectivity index (χ1n) is 16.3. The fourth-order valence-electron chi connectivity index (χ4n) is 7.19. The Hall–Kier alpha value is -3.13. The maximum Gasteiger partial charge on any atom is 0.494 e. The molecule has 6 nitrogen and oxygen atoms in total. The van der Waals surface area contributed by atoms with Crippen molar-refractivity contribution >= 4 is 18.7 Å². The van der Waals surface area contributed by atoms with Crippen LogP contribution in [-0.2, 0) is 40.0 Å². The second kappa shape index (κ2) is 10.5. The minimum atomic E-state index is -0.485. The Morgan fingerprint density at radius 3 is 2.09 bits per heavy atom. The molecule has 0 spiro atoms. The van der Waals surface area contributed by atoms with E-state index in [9.17, 15) is 4.79 Å². The van der Waals surface area contributed by atoms with Crippen LogP contribution in [0.4, 0.5) is 4.79 Å². The topological polar surface area (TPSA) is 51.2 Å². The summed E-state index contributed by atoms with van der Waals surface area (Å²) in [5, 5.41) is 0. The standard InChI is InChI=1S/C37H45BN2O4/c1-35(2,3)42-34(41)40-18-8-9-33(40)39-22-28-13-10-24(20-29(28)23-39)25-14-16-31-26(19-25)11-12-27-21-30(15-17-32(27)31)38-43-36(4,5)37(6,7)44-38/h10,13-17,19-21,33H,8-9,11-12,18,22-23H2,1-7H3. The smallest absolute Gasteiger partial charge is 0.444 e. The van der Waals surface area contributed by atoms with Gasteiger partial charge >= 0.3 is 13.2 Å². The third-order valence-electron chi connectivity index (χ3n) is 10.3. The molecule has 1 amide bonds. The molecule has 0 aromatic heterocycles. The normalized spacial score (nSPS) is 22.1. The first-order chi connectivity index (χ1) is 20.8. The highest BCUT2D eigenvalue weighted by Gasteiger charge is 2.51. The second-order valence-corrected chi connectivity index (χ2v) is 15.1. The van der Waals surface area contributed by atoms with Crippen molar-refractivity contribution < 1.29 is 18.8 Å². The van der Waals surface area contributed by atoms with Crippen molar-refractivity contribution in [1.82, 2.24) is 9.80 Å². The SMILES string of the molecule is CC(C)(C)OC(=O)N1CCCC1N1Cc2ccc(-c3ccc4c(c3)CCc3cc(B5OC(C)(C)C(C)(C)O5)ccc3-4)cc2C1. The first kappa shape index (κ1) is 29.6. The van der Waals surface area contributed by atoms with Crippen molar-refractivity contribution in [2.24, 2.45) is 0 Å². The van der Waals surface area contributed by atoms with Gasteiger partial charge in [-0.2, -0.15) is 0 Å². The number of aryl methyl sites for hydroxylation is 2. The summed E-state index contributed by atoms with van der Waals surface area (Å²) >= 11 is 0. The van der Waals surface area contributed by atoms with Gasteiger partial charge in [0.2, 0.25) is 0 Å². The number of carbonyl (C=O) groups excluding carboxylic acids is 1. The third kappa shape index (κ3) is 5.27. The molecule has 3 aromatic rings. The molecule has 3 heterocycles. The summed E-state index contributed by atoms with van der Waals surface area (Å²) in [7, 11) is -0.334. The van der Waals surface area contributed by atoms with Gasteiger partial charge in [0, 0.05) is 19.6 Å².